The Kier molecular flexibility index (Phi) is 6.26. The molecule has 0 bridgehead atoms. The van der Waals surface area contributed by atoms with Crippen LogP contribution in [-0.2, 0) is 17.7 Å². The lowest BCUT2D eigenvalue weighted by molar-refractivity contribution is 0.0600. The molecule has 7 heteroatoms. The number of aromatic nitrogens is 1. The van der Waals surface area contributed by atoms with Crippen LogP contribution in [0.4, 0.5) is 4.39 Å². The molecule has 3 aromatic rings. The second-order valence-electron chi connectivity index (χ2n) is 6.29. The van der Waals surface area contributed by atoms with Gasteiger partial charge in [0, 0.05) is 37.2 Å². The molecule has 2 aromatic carbocycles. The van der Waals surface area contributed by atoms with Crippen molar-refractivity contribution in [3.05, 3.63) is 71.2 Å². The van der Waals surface area contributed by atoms with Gasteiger partial charge in [0.05, 0.1) is 12.7 Å². The number of rotatable bonds is 6. The van der Waals surface area contributed by atoms with E-state index in [9.17, 15) is 9.18 Å². The summed E-state index contributed by atoms with van der Waals surface area (Å²) in [6, 6.07) is 11.9. The van der Waals surface area contributed by atoms with Gasteiger partial charge in [-0.3, -0.25) is 4.99 Å². The molecule has 3 N–H and O–H groups in total. The molecule has 146 valence electrons. The van der Waals surface area contributed by atoms with Gasteiger partial charge in [-0.1, -0.05) is 12.1 Å². The van der Waals surface area contributed by atoms with Crippen LogP contribution in [0.5, 0.6) is 0 Å². The lowest BCUT2D eigenvalue weighted by atomic mass is 10.1. The van der Waals surface area contributed by atoms with Crippen molar-refractivity contribution in [1.82, 2.24) is 15.6 Å². The fourth-order valence-corrected chi connectivity index (χ4v) is 2.96. The molecule has 0 radical (unpaired) electrons. The van der Waals surface area contributed by atoms with Gasteiger partial charge in [-0.05, 0) is 47.9 Å². The first kappa shape index (κ1) is 19.4. The topological polar surface area (TPSA) is 78.5 Å². The van der Waals surface area contributed by atoms with E-state index < -0.39 is 0 Å². The van der Waals surface area contributed by atoms with Crippen LogP contribution in [0.1, 0.15) is 21.5 Å². The molecular weight excluding hydrogens is 359 g/mol. The van der Waals surface area contributed by atoms with E-state index in [1.54, 1.807) is 31.3 Å². The SMILES string of the molecule is CN=C(NCCc1c[nH]c2ccc(F)cc12)NCc1ccc(C(=O)OC)cc1. The summed E-state index contributed by atoms with van der Waals surface area (Å²) in [5.41, 5.74) is 3.51. The average Bonchev–Trinajstić information content (AvgIpc) is 3.12. The number of hydrogen-bond donors (Lipinski definition) is 3. The zero-order valence-corrected chi connectivity index (χ0v) is 15.9. The number of carbonyl (C=O) groups is 1. The first-order valence-corrected chi connectivity index (χ1v) is 8.98. The van der Waals surface area contributed by atoms with Crippen LogP contribution in [0.3, 0.4) is 0 Å². The van der Waals surface area contributed by atoms with Crippen LogP contribution < -0.4 is 10.6 Å². The van der Waals surface area contributed by atoms with Crippen LogP contribution in [0.15, 0.2) is 53.7 Å². The number of esters is 1. The van der Waals surface area contributed by atoms with Crippen LogP contribution in [0.25, 0.3) is 10.9 Å². The smallest absolute Gasteiger partial charge is 0.337 e. The number of ether oxygens (including phenoxy) is 1. The van der Waals surface area contributed by atoms with Crippen molar-refractivity contribution in [2.75, 3.05) is 20.7 Å². The van der Waals surface area contributed by atoms with Gasteiger partial charge in [0.1, 0.15) is 5.82 Å². The first-order chi connectivity index (χ1) is 13.6. The number of halogens is 1. The van der Waals surface area contributed by atoms with E-state index >= 15 is 0 Å². The van der Waals surface area contributed by atoms with E-state index in [-0.39, 0.29) is 11.8 Å². The van der Waals surface area contributed by atoms with Crippen LogP contribution >= 0.6 is 0 Å². The Morgan fingerprint density at radius 3 is 2.68 bits per heavy atom. The highest BCUT2D eigenvalue weighted by Gasteiger charge is 2.07. The number of guanidine groups is 1. The molecular formula is C21H23FN4O2. The van der Waals surface area contributed by atoms with Gasteiger partial charge in [-0.2, -0.15) is 0 Å². The van der Waals surface area contributed by atoms with Crippen LogP contribution in [-0.4, -0.2) is 37.6 Å². The Morgan fingerprint density at radius 2 is 1.96 bits per heavy atom. The molecule has 0 aliphatic rings. The third-order valence-corrected chi connectivity index (χ3v) is 4.47. The Morgan fingerprint density at radius 1 is 1.18 bits per heavy atom. The summed E-state index contributed by atoms with van der Waals surface area (Å²) in [5.74, 6) is 0.0780. The molecule has 6 nitrogen and oxygen atoms in total. The number of H-pyrrole nitrogens is 1. The maximum Gasteiger partial charge on any atom is 0.337 e. The van der Waals surface area contributed by atoms with Gasteiger partial charge in [-0.15, -0.1) is 0 Å². The standard InChI is InChI=1S/C21H23FN4O2/c1-23-21(26-12-14-3-5-15(6-4-14)20(27)28-2)24-10-9-16-13-25-19-8-7-17(22)11-18(16)19/h3-8,11,13,25H,9-10,12H2,1-2H3,(H2,23,24,26). The molecule has 0 saturated heterocycles. The van der Waals surface area contributed by atoms with Crippen molar-refractivity contribution in [2.24, 2.45) is 4.99 Å². The van der Waals surface area contributed by atoms with Crippen molar-refractivity contribution in [3.8, 4) is 0 Å². The summed E-state index contributed by atoms with van der Waals surface area (Å²) in [5, 5.41) is 7.38. The van der Waals surface area contributed by atoms with Gasteiger partial charge >= 0.3 is 5.97 Å². The number of benzene rings is 2. The predicted octanol–water partition coefficient (Wildman–Crippen LogP) is 3.00. The third-order valence-electron chi connectivity index (χ3n) is 4.47. The van der Waals surface area contributed by atoms with Gasteiger partial charge < -0.3 is 20.4 Å². The highest BCUT2D eigenvalue weighted by molar-refractivity contribution is 5.89. The van der Waals surface area contributed by atoms with Crippen molar-refractivity contribution in [3.63, 3.8) is 0 Å². The molecule has 0 fully saturated rings. The molecule has 1 aromatic heterocycles. The zero-order chi connectivity index (χ0) is 19.9. The number of aliphatic imine (C=N–C) groups is 1. The van der Waals surface area contributed by atoms with E-state index in [1.165, 1.54) is 13.2 Å². The van der Waals surface area contributed by atoms with E-state index in [0.717, 1.165) is 28.5 Å². The Hall–Kier alpha value is -3.35. The molecule has 0 spiro atoms. The van der Waals surface area contributed by atoms with E-state index in [0.29, 0.717) is 24.6 Å². The van der Waals surface area contributed by atoms with Crippen molar-refractivity contribution in [1.29, 1.82) is 0 Å². The number of hydrogen-bond acceptors (Lipinski definition) is 3. The van der Waals surface area contributed by atoms with Gasteiger partial charge in [0.25, 0.3) is 0 Å². The Labute approximate surface area is 162 Å². The molecule has 0 unspecified atom stereocenters. The molecule has 0 atom stereocenters. The second-order valence-corrected chi connectivity index (χ2v) is 6.29. The lowest BCUT2D eigenvalue weighted by Crippen LogP contribution is -2.37. The first-order valence-electron chi connectivity index (χ1n) is 8.98. The quantitative estimate of drug-likeness (QED) is 0.348. The molecule has 0 saturated carbocycles. The Bertz CT molecular complexity index is 980. The summed E-state index contributed by atoms with van der Waals surface area (Å²) in [6.07, 6.45) is 2.64. The number of fused-ring (bicyclic) bond motifs is 1. The van der Waals surface area contributed by atoms with E-state index in [4.69, 9.17) is 4.74 Å². The largest absolute Gasteiger partial charge is 0.465 e. The molecule has 0 amide bonds. The minimum atomic E-state index is -0.353. The van der Waals surface area contributed by atoms with Crippen molar-refractivity contribution < 1.29 is 13.9 Å². The monoisotopic (exact) mass is 382 g/mol. The molecule has 0 aliphatic heterocycles. The van der Waals surface area contributed by atoms with Gasteiger partial charge in [0.15, 0.2) is 5.96 Å². The molecule has 0 aliphatic carbocycles. The molecule has 3 rings (SSSR count). The summed E-state index contributed by atoms with van der Waals surface area (Å²) in [4.78, 5) is 18.8. The fourth-order valence-electron chi connectivity index (χ4n) is 2.96. The Balaban J connectivity index is 1.50. The van der Waals surface area contributed by atoms with Crippen molar-refractivity contribution >= 4 is 22.8 Å². The van der Waals surface area contributed by atoms with E-state index in [1.807, 2.05) is 18.3 Å². The minimum absolute atomic E-state index is 0.239. The molecule has 28 heavy (non-hydrogen) atoms. The number of nitrogens with zero attached hydrogens (tertiary/aromatic N) is 1. The maximum absolute atomic E-state index is 13.5. The van der Waals surface area contributed by atoms with Crippen LogP contribution in [0, 0.1) is 5.82 Å². The predicted molar refractivity (Wildman–Crippen MR) is 108 cm³/mol. The average molecular weight is 382 g/mol. The highest BCUT2D eigenvalue weighted by Crippen LogP contribution is 2.19. The number of aromatic amines is 1. The number of nitrogens with one attached hydrogen (secondary N) is 3. The molecule has 1 heterocycles. The lowest BCUT2D eigenvalue weighted by Gasteiger charge is -2.12. The highest BCUT2D eigenvalue weighted by atomic mass is 19.1. The van der Waals surface area contributed by atoms with Gasteiger partial charge in [0.2, 0.25) is 0 Å². The maximum atomic E-state index is 13.5. The van der Waals surface area contributed by atoms with Crippen molar-refractivity contribution in [2.45, 2.75) is 13.0 Å². The van der Waals surface area contributed by atoms with Crippen LogP contribution in [0.2, 0.25) is 0 Å². The third kappa shape index (κ3) is 4.68. The van der Waals surface area contributed by atoms with Gasteiger partial charge in [-0.25, -0.2) is 9.18 Å². The fraction of sp³-hybridized carbons (Fsp3) is 0.238. The number of methoxy groups -OCH3 is 1. The van der Waals surface area contributed by atoms with E-state index in [2.05, 4.69) is 20.6 Å². The minimum Gasteiger partial charge on any atom is -0.465 e. The second kappa shape index (κ2) is 9.03. The summed E-state index contributed by atoms with van der Waals surface area (Å²) < 4.78 is 18.2. The normalized spacial score (nSPS) is 11.5. The summed E-state index contributed by atoms with van der Waals surface area (Å²) >= 11 is 0. The number of carbonyl (C=O) groups excluding carboxylic acids is 1. The zero-order valence-electron chi connectivity index (χ0n) is 15.9. The summed E-state index contributed by atoms with van der Waals surface area (Å²) in [7, 11) is 3.07. The summed E-state index contributed by atoms with van der Waals surface area (Å²) in [6.45, 7) is 1.23.